The minimum absolute atomic E-state index is 0.0293. The summed E-state index contributed by atoms with van der Waals surface area (Å²) >= 11 is 2.23. The van der Waals surface area contributed by atoms with E-state index in [1.54, 1.807) is 0 Å². The fourth-order valence-electron chi connectivity index (χ4n) is 6.03. The lowest BCUT2D eigenvalue weighted by molar-refractivity contribution is 0.102. The van der Waals surface area contributed by atoms with Crippen LogP contribution in [0.3, 0.4) is 0 Å². The molecule has 1 fully saturated rings. The Morgan fingerprint density at radius 3 is 2.00 bits per heavy atom. The average molecular weight is 560 g/mol. The number of carbonyl (C=O) groups is 1. The van der Waals surface area contributed by atoms with Crippen molar-refractivity contribution < 1.29 is 4.79 Å². The second kappa shape index (κ2) is 13.5. The lowest BCUT2D eigenvalue weighted by Crippen LogP contribution is -2.21. The van der Waals surface area contributed by atoms with Gasteiger partial charge in [0, 0.05) is 9.26 Å². The predicted molar refractivity (Wildman–Crippen MR) is 150 cm³/mol. The molecule has 0 aliphatic heterocycles. The Kier molecular flexibility index (Phi) is 10.7. The van der Waals surface area contributed by atoms with E-state index in [1.807, 2.05) is 30.3 Å². The van der Waals surface area contributed by atoms with Crippen molar-refractivity contribution in [1.82, 2.24) is 0 Å². The molecule has 4 unspecified atom stereocenters. The molecule has 0 heterocycles. The van der Waals surface area contributed by atoms with Gasteiger partial charge in [-0.05, 0) is 88.9 Å². The lowest BCUT2D eigenvalue weighted by atomic mass is 9.74. The Hall–Kier alpha value is -1.36. The molecule has 1 aliphatic carbocycles. The van der Waals surface area contributed by atoms with Crippen LogP contribution in [0.25, 0.3) is 0 Å². The van der Waals surface area contributed by atoms with E-state index in [9.17, 15) is 4.79 Å². The van der Waals surface area contributed by atoms with Gasteiger partial charge in [0.25, 0.3) is 5.91 Å². The number of anilines is 1. The molecule has 3 rings (SSSR count). The quantitative estimate of drug-likeness (QED) is 0.337. The number of hydrogen-bond donors (Lipinski definition) is 1. The Morgan fingerprint density at radius 1 is 0.818 bits per heavy atom. The highest BCUT2D eigenvalue weighted by Gasteiger charge is 2.25. The van der Waals surface area contributed by atoms with Gasteiger partial charge in [0.1, 0.15) is 0 Å². The van der Waals surface area contributed by atoms with Crippen molar-refractivity contribution in [3.8, 4) is 0 Å². The lowest BCUT2D eigenvalue weighted by Gasteiger charge is -2.32. The highest BCUT2D eigenvalue weighted by Crippen LogP contribution is 2.37. The zero-order valence-corrected chi connectivity index (χ0v) is 22.9. The number of benzene rings is 2. The van der Waals surface area contributed by atoms with Crippen molar-refractivity contribution in [2.24, 2.45) is 23.7 Å². The molecule has 4 atom stereocenters. The predicted octanol–water partition coefficient (Wildman–Crippen LogP) is 9.13. The summed E-state index contributed by atoms with van der Waals surface area (Å²) in [5, 5.41) is 3.12. The van der Waals surface area contributed by atoms with Crippen molar-refractivity contribution in [3.63, 3.8) is 0 Å². The van der Waals surface area contributed by atoms with Crippen LogP contribution in [0.4, 0.5) is 5.69 Å². The molecule has 1 N–H and O–H groups in total. The molecule has 2 aromatic rings. The third kappa shape index (κ3) is 7.56. The van der Waals surface area contributed by atoms with Crippen LogP contribution in [-0.2, 0) is 6.42 Å². The van der Waals surface area contributed by atoms with Crippen LogP contribution in [0.5, 0.6) is 0 Å². The Morgan fingerprint density at radius 2 is 1.39 bits per heavy atom. The van der Waals surface area contributed by atoms with Crippen LogP contribution < -0.4 is 5.32 Å². The van der Waals surface area contributed by atoms with Gasteiger partial charge in [-0.2, -0.15) is 0 Å². The molecule has 0 radical (unpaired) electrons. The van der Waals surface area contributed by atoms with E-state index in [4.69, 9.17) is 0 Å². The molecule has 2 aromatic carbocycles. The molecule has 1 amide bonds. The van der Waals surface area contributed by atoms with Gasteiger partial charge in [-0.25, -0.2) is 0 Å². The maximum atomic E-state index is 12.8. The summed E-state index contributed by atoms with van der Waals surface area (Å²) < 4.78 is 0.978. The second-order valence-corrected chi connectivity index (χ2v) is 11.1. The smallest absolute Gasteiger partial charge is 0.256 e. The molecule has 0 aromatic heterocycles. The maximum Gasteiger partial charge on any atom is 0.256 e. The van der Waals surface area contributed by atoms with Crippen molar-refractivity contribution in [2.45, 2.75) is 85.0 Å². The van der Waals surface area contributed by atoms with E-state index in [2.05, 4.69) is 66.9 Å². The molecule has 1 saturated carbocycles. The SMILES string of the molecule is CCC1CCCC(CC)C(Cc2cccc(NC(=O)c3ccccc3I)c2)CCCC1CC. The molecule has 2 nitrogen and oxygen atoms in total. The molecular formula is C30H42INO. The highest BCUT2D eigenvalue weighted by atomic mass is 127. The van der Waals surface area contributed by atoms with Gasteiger partial charge in [0.05, 0.1) is 5.56 Å². The largest absolute Gasteiger partial charge is 0.322 e. The number of rotatable bonds is 7. The number of amides is 1. The first kappa shape index (κ1) is 26.2. The van der Waals surface area contributed by atoms with E-state index in [1.165, 1.54) is 63.4 Å². The van der Waals surface area contributed by atoms with Crippen molar-refractivity contribution in [1.29, 1.82) is 0 Å². The van der Waals surface area contributed by atoms with E-state index in [0.717, 1.165) is 44.9 Å². The third-order valence-corrected chi connectivity index (χ3v) is 8.95. The minimum atomic E-state index is -0.0293. The maximum absolute atomic E-state index is 12.8. The summed E-state index contributed by atoms with van der Waals surface area (Å²) in [5.74, 6) is 3.36. The van der Waals surface area contributed by atoms with Crippen LogP contribution in [0.1, 0.15) is 94.5 Å². The van der Waals surface area contributed by atoms with Gasteiger partial charge in [-0.1, -0.05) is 96.4 Å². The first-order valence-electron chi connectivity index (χ1n) is 13.2. The molecule has 0 bridgehead atoms. The normalized spacial score (nSPS) is 24.2. The van der Waals surface area contributed by atoms with Crippen LogP contribution in [-0.4, -0.2) is 5.91 Å². The summed E-state index contributed by atoms with van der Waals surface area (Å²) in [4.78, 5) is 12.8. The molecule has 3 heteroatoms. The topological polar surface area (TPSA) is 29.1 Å². The zero-order chi connectivity index (χ0) is 23.6. The summed E-state index contributed by atoms with van der Waals surface area (Å²) in [6.45, 7) is 7.17. The standard InChI is InChI=1S/C30H42INO/c1-4-23-13-10-15-25(6-3)26(16-11-14-24(23)5-2)20-22-12-9-17-27(21-22)32-30(33)28-18-7-8-19-29(28)31/h7-9,12,17-19,21,23-26H,4-6,10-11,13-16,20H2,1-3H3,(H,32,33). The fourth-order valence-corrected chi connectivity index (χ4v) is 6.66. The number of halogens is 1. The van der Waals surface area contributed by atoms with Gasteiger partial charge < -0.3 is 5.32 Å². The number of nitrogens with one attached hydrogen (secondary N) is 1. The van der Waals surface area contributed by atoms with Crippen molar-refractivity contribution in [2.75, 3.05) is 5.32 Å². The van der Waals surface area contributed by atoms with Gasteiger partial charge in [0.15, 0.2) is 0 Å². The minimum Gasteiger partial charge on any atom is -0.322 e. The monoisotopic (exact) mass is 559 g/mol. The first-order chi connectivity index (χ1) is 16.0. The Labute approximate surface area is 215 Å². The van der Waals surface area contributed by atoms with Crippen LogP contribution >= 0.6 is 22.6 Å². The van der Waals surface area contributed by atoms with Crippen molar-refractivity contribution >= 4 is 34.2 Å². The van der Waals surface area contributed by atoms with Crippen LogP contribution in [0.2, 0.25) is 0 Å². The Bertz CT molecular complexity index is 879. The average Bonchev–Trinajstić information content (AvgIpc) is 2.82. The number of carbonyl (C=O) groups excluding carboxylic acids is 1. The molecule has 33 heavy (non-hydrogen) atoms. The third-order valence-electron chi connectivity index (χ3n) is 8.01. The van der Waals surface area contributed by atoms with E-state index in [0.29, 0.717) is 0 Å². The molecule has 0 saturated heterocycles. The van der Waals surface area contributed by atoms with Crippen LogP contribution in [0.15, 0.2) is 48.5 Å². The summed E-state index contributed by atoms with van der Waals surface area (Å²) in [6.07, 6.45) is 13.4. The summed E-state index contributed by atoms with van der Waals surface area (Å²) in [7, 11) is 0. The molecule has 180 valence electrons. The van der Waals surface area contributed by atoms with Crippen molar-refractivity contribution in [3.05, 3.63) is 63.2 Å². The summed E-state index contributed by atoms with van der Waals surface area (Å²) in [5.41, 5.74) is 2.99. The number of hydrogen-bond acceptors (Lipinski definition) is 1. The van der Waals surface area contributed by atoms with Crippen LogP contribution in [0, 0.1) is 27.2 Å². The zero-order valence-electron chi connectivity index (χ0n) is 20.8. The highest BCUT2D eigenvalue weighted by molar-refractivity contribution is 14.1. The second-order valence-electron chi connectivity index (χ2n) is 9.97. The van der Waals surface area contributed by atoms with E-state index >= 15 is 0 Å². The van der Waals surface area contributed by atoms with E-state index in [-0.39, 0.29) is 5.91 Å². The first-order valence-corrected chi connectivity index (χ1v) is 14.3. The molecule has 0 spiro atoms. The van der Waals surface area contributed by atoms with E-state index < -0.39 is 0 Å². The molecular weight excluding hydrogens is 517 g/mol. The van der Waals surface area contributed by atoms with Gasteiger partial charge in [0.2, 0.25) is 0 Å². The van der Waals surface area contributed by atoms with Gasteiger partial charge >= 0.3 is 0 Å². The molecule has 1 aliphatic rings. The van der Waals surface area contributed by atoms with Gasteiger partial charge in [-0.3, -0.25) is 4.79 Å². The van der Waals surface area contributed by atoms with Gasteiger partial charge in [-0.15, -0.1) is 0 Å². The summed E-state index contributed by atoms with van der Waals surface area (Å²) in [6, 6.07) is 16.3. The Balaban J connectivity index is 1.69. The fraction of sp³-hybridized carbons (Fsp3) is 0.567.